The van der Waals surface area contributed by atoms with Crippen molar-refractivity contribution in [3.63, 3.8) is 0 Å². The smallest absolute Gasteiger partial charge is 0.305 e. The molecule has 18 nitrogen and oxygen atoms in total. The van der Waals surface area contributed by atoms with Gasteiger partial charge in [0.05, 0.1) is 24.9 Å². The molecule has 0 aliphatic heterocycles. The molecule has 1 fully saturated rings. The SMILES string of the molecule is CC(C)[C@H](NC(=O)[C@H](CC(=O)O)NC(=O)[C@H](Cc1ccccc1)NC(=O)[C@H]1CCCC[C@@H]1NC(=O)[C@@H](N)Cc1ccc(O)cc1)C(=O)N[C@H](C(=O)NCC(N)=O)C(C)C. The topological polar surface area (TPSA) is 301 Å². The van der Waals surface area contributed by atoms with E-state index in [4.69, 9.17) is 11.5 Å². The van der Waals surface area contributed by atoms with Crippen LogP contribution >= 0.6 is 0 Å². The number of phenolic OH excluding ortho intramolecular Hbond substituents is 1. The Morgan fingerprint density at radius 3 is 1.83 bits per heavy atom. The number of carbonyl (C=O) groups is 8. The molecule has 18 heteroatoms. The van der Waals surface area contributed by atoms with Gasteiger partial charge in [0.25, 0.3) is 0 Å². The summed E-state index contributed by atoms with van der Waals surface area (Å²) in [7, 11) is 0. The molecular formula is C41H58N8O10. The first-order chi connectivity index (χ1) is 27.9. The first kappa shape index (κ1) is 47.3. The molecule has 0 aromatic heterocycles. The van der Waals surface area contributed by atoms with E-state index in [1.807, 2.05) is 0 Å². The minimum absolute atomic E-state index is 0.0352. The van der Waals surface area contributed by atoms with Crippen LogP contribution in [0.4, 0.5) is 0 Å². The molecule has 12 N–H and O–H groups in total. The maximum atomic E-state index is 14.0. The molecule has 0 saturated heterocycles. The van der Waals surface area contributed by atoms with Gasteiger partial charge in [-0.25, -0.2) is 0 Å². The Morgan fingerprint density at radius 1 is 0.678 bits per heavy atom. The van der Waals surface area contributed by atoms with E-state index < -0.39 is 114 Å². The second-order valence-electron chi connectivity index (χ2n) is 15.5. The molecule has 1 aliphatic carbocycles. The molecule has 0 spiro atoms. The largest absolute Gasteiger partial charge is 0.508 e. The molecule has 2 aromatic rings. The van der Waals surface area contributed by atoms with Crippen molar-refractivity contribution in [2.24, 2.45) is 29.2 Å². The van der Waals surface area contributed by atoms with Gasteiger partial charge in [-0.05, 0) is 54.4 Å². The number of phenols is 1. The van der Waals surface area contributed by atoms with Crippen molar-refractivity contribution in [2.75, 3.05) is 6.54 Å². The van der Waals surface area contributed by atoms with Crippen molar-refractivity contribution >= 4 is 47.3 Å². The number of benzene rings is 2. The number of aliphatic carboxylic acids is 1. The van der Waals surface area contributed by atoms with Gasteiger partial charge < -0.3 is 53.6 Å². The minimum atomic E-state index is -1.69. The average molecular weight is 823 g/mol. The Morgan fingerprint density at radius 2 is 1.24 bits per heavy atom. The van der Waals surface area contributed by atoms with Crippen LogP contribution in [0.5, 0.6) is 5.75 Å². The van der Waals surface area contributed by atoms with Gasteiger partial charge in [0.2, 0.25) is 41.4 Å². The Balaban J connectivity index is 1.79. The highest BCUT2D eigenvalue weighted by Gasteiger charge is 2.37. The van der Waals surface area contributed by atoms with Gasteiger partial charge in [0.1, 0.15) is 29.9 Å². The van der Waals surface area contributed by atoms with Crippen molar-refractivity contribution in [1.29, 1.82) is 0 Å². The fraction of sp³-hybridized carbons (Fsp3) is 0.512. The average Bonchev–Trinajstić information content (AvgIpc) is 3.18. The fourth-order valence-corrected chi connectivity index (χ4v) is 6.73. The van der Waals surface area contributed by atoms with E-state index in [0.717, 1.165) is 12.0 Å². The second kappa shape index (κ2) is 22.8. The van der Waals surface area contributed by atoms with Gasteiger partial charge in [-0.3, -0.25) is 38.4 Å². The van der Waals surface area contributed by atoms with Crippen LogP contribution in [-0.2, 0) is 51.2 Å². The quantitative estimate of drug-likeness (QED) is 0.0766. The normalized spacial score (nSPS) is 17.6. The highest BCUT2D eigenvalue weighted by molar-refractivity contribution is 5.97. The second-order valence-corrected chi connectivity index (χ2v) is 15.5. The number of carboxylic acid groups (broad SMARTS) is 1. The summed E-state index contributed by atoms with van der Waals surface area (Å²) < 4.78 is 0. The van der Waals surface area contributed by atoms with Gasteiger partial charge in [-0.1, -0.05) is 83.0 Å². The van der Waals surface area contributed by atoms with Gasteiger partial charge in [-0.15, -0.1) is 0 Å². The van der Waals surface area contributed by atoms with Crippen LogP contribution in [0.1, 0.15) is 70.9 Å². The lowest BCUT2D eigenvalue weighted by Crippen LogP contribution is -2.61. The van der Waals surface area contributed by atoms with Gasteiger partial charge in [-0.2, -0.15) is 0 Å². The molecule has 59 heavy (non-hydrogen) atoms. The number of nitrogens with two attached hydrogens (primary N) is 2. The zero-order valence-electron chi connectivity index (χ0n) is 33.9. The fourth-order valence-electron chi connectivity index (χ4n) is 6.73. The number of aromatic hydroxyl groups is 1. The zero-order valence-corrected chi connectivity index (χ0v) is 33.9. The van der Waals surface area contributed by atoms with E-state index >= 15 is 0 Å². The van der Waals surface area contributed by atoms with E-state index in [0.29, 0.717) is 24.8 Å². The lowest BCUT2D eigenvalue weighted by molar-refractivity contribution is -0.142. The number of nitrogens with one attached hydrogen (secondary N) is 6. The van der Waals surface area contributed by atoms with Crippen LogP contribution in [0.25, 0.3) is 0 Å². The van der Waals surface area contributed by atoms with Crippen molar-refractivity contribution < 1.29 is 48.6 Å². The molecule has 2 aromatic carbocycles. The summed E-state index contributed by atoms with van der Waals surface area (Å²) in [5.74, 6) is -8.23. The molecule has 322 valence electrons. The predicted molar refractivity (Wildman–Crippen MR) is 216 cm³/mol. The minimum Gasteiger partial charge on any atom is -0.508 e. The summed E-state index contributed by atoms with van der Waals surface area (Å²) in [6.07, 6.45) is 1.58. The summed E-state index contributed by atoms with van der Waals surface area (Å²) in [5, 5.41) is 34.9. The number of amides is 7. The Hall–Kier alpha value is -6.04. The van der Waals surface area contributed by atoms with Crippen molar-refractivity contribution in [3.8, 4) is 5.75 Å². The summed E-state index contributed by atoms with van der Waals surface area (Å²) in [5.41, 5.74) is 12.7. The standard InChI is InChI=1S/C41H58N8O10/c1-22(2)34(40(58)44-21-32(43)51)49-41(59)35(23(3)4)48-39(57)31(20-33(52)53)47-38(56)30(19-24-10-6-5-7-11-24)46-36(54)27-12-8-9-13-29(27)45-37(55)28(42)18-25-14-16-26(50)17-15-25/h5-7,10-11,14-17,22-23,27-31,34-35,50H,8-9,12-13,18-21,42H2,1-4H3,(H2,43,51)(H,44,58)(H,45,55)(H,46,54)(H,47,56)(H,48,57)(H,49,59)(H,52,53)/t27-,28-,29-,30-,31-,34-,35-/m0/s1. The van der Waals surface area contributed by atoms with E-state index in [-0.39, 0.29) is 18.6 Å². The van der Waals surface area contributed by atoms with Crippen LogP contribution in [-0.4, -0.2) is 100 Å². The Kier molecular flexibility index (Phi) is 18.3. The van der Waals surface area contributed by atoms with Crippen LogP contribution in [0, 0.1) is 17.8 Å². The van der Waals surface area contributed by atoms with Crippen molar-refractivity contribution in [2.45, 2.75) is 109 Å². The third-order valence-electron chi connectivity index (χ3n) is 10.0. The summed E-state index contributed by atoms with van der Waals surface area (Å²) in [6.45, 7) is 6.08. The lowest BCUT2D eigenvalue weighted by Gasteiger charge is -2.33. The van der Waals surface area contributed by atoms with Gasteiger partial charge in [0, 0.05) is 12.5 Å². The summed E-state index contributed by atoms with van der Waals surface area (Å²) in [4.78, 5) is 104. The number of carbonyl (C=O) groups excluding carboxylic acids is 7. The molecule has 1 saturated carbocycles. The molecule has 3 rings (SSSR count). The van der Waals surface area contributed by atoms with E-state index in [1.54, 1.807) is 70.2 Å². The number of primary amides is 1. The number of rotatable bonds is 21. The van der Waals surface area contributed by atoms with Gasteiger partial charge in [0.15, 0.2) is 0 Å². The van der Waals surface area contributed by atoms with E-state index in [9.17, 15) is 48.6 Å². The van der Waals surface area contributed by atoms with Crippen LogP contribution < -0.4 is 43.4 Å². The van der Waals surface area contributed by atoms with E-state index in [2.05, 4.69) is 31.9 Å². The van der Waals surface area contributed by atoms with Crippen LogP contribution in [0.2, 0.25) is 0 Å². The Labute approximate surface area is 343 Å². The highest BCUT2D eigenvalue weighted by Crippen LogP contribution is 2.25. The summed E-state index contributed by atoms with van der Waals surface area (Å²) >= 11 is 0. The monoisotopic (exact) mass is 822 g/mol. The number of hydrogen-bond acceptors (Lipinski definition) is 10. The molecule has 0 bridgehead atoms. The molecule has 0 heterocycles. The van der Waals surface area contributed by atoms with Crippen LogP contribution in [0.15, 0.2) is 54.6 Å². The van der Waals surface area contributed by atoms with Gasteiger partial charge >= 0.3 is 5.97 Å². The van der Waals surface area contributed by atoms with Crippen LogP contribution in [0.3, 0.4) is 0 Å². The first-order valence-corrected chi connectivity index (χ1v) is 19.7. The highest BCUT2D eigenvalue weighted by atomic mass is 16.4. The third kappa shape index (κ3) is 15.3. The number of hydrogen-bond donors (Lipinski definition) is 10. The van der Waals surface area contributed by atoms with Crippen molar-refractivity contribution in [1.82, 2.24) is 31.9 Å². The number of carboxylic acids is 1. The Bertz CT molecular complexity index is 1790. The van der Waals surface area contributed by atoms with E-state index in [1.165, 1.54) is 12.1 Å². The van der Waals surface area contributed by atoms with Crippen molar-refractivity contribution in [3.05, 3.63) is 65.7 Å². The molecule has 0 unspecified atom stereocenters. The first-order valence-electron chi connectivity index (χ1n) is 19.7. The molecule has 7 atom stereocenters. The molecule has 1 aliphatic rings. The molecular weight excluding hydrogens is 764 g/mol. The third-order valence-corrected chi connectivity index (χ3v) is 10.0. The zero-order chi connectivity index (χ0) is 43.8. The predicted octanol–water partition coefficient (Wildman–Crippen LogP) is -0.493. The molecule has 0 radical (unpaired) electrons. The lowest BCUT2D eigenvalue weighted by atomic mass is 9.83. The summed E-state index contributed by atoms with van der Waals surface area (Å²) in [6, 6.07) is 8.08. The maximum Gasteiger partial charge on any atom is 0.305 e. The molecule has 7 amide bonds. The maximum absolute atomic E-state index is 14.0.